The van der Waals surface area contributed by atoms with Crippen molar-refractivity contribution in [3.8, 4) is 0 Å². The van der Waals surface area contributed by atoms with Crippen LogP contribution in [-0.2, 0) is 11.3 Å². The maximum Gasteiger partial charge on any atom is 0.220 e. The maximum absolute atomic E-state index is 11.3. The highest BCUT2D eigenvalue weighted by molar-refractivity contribution is 14.0. The van der Waals surface area contributed by atoms with Crippen LogP contribution in [0.2, 0.25) is 0 Å². The molecule has 2 heterocycles. The molecule has 0 atom stereocenters. The highest BCUT2D eigenvalue weighted by atomic mass is 127. The number of primary amides is 1. The van der Waals surface area contributed by atoms with Crippen LogP contribution < -0.4 is 21.3 Å². The average molecular weight is 458 g/mol. The van der Waals surface area contributed by atoms with Gasteiger partial charge in [0, 0.05) is 50.9 Å². The highest BCUT2D eigenvalue weighted by Gasteiger charge is 2.24. The number of piperidine rings is 1. The van der Waals surface area contributed by atoms with Crippen LogP contribution >= 0.6 is 24.0 Å². The van der Waals surface area contributed by atoms with Gasteiger partial charge in [-0.2, -0.15) is 0 Å². The zero-order chi connectivity index (χ0) is 17.4. The number of nitrogens with zero attached hydrogens (tertiary/aromatic N) is 3. The lowest BCUT2D eigenvalue weighted by atomic mass is 9.96. The molecular weight excluding hydrogens is 431 g/mol. The molecule has 0 aliphatic carbocycles. The summed E-state index contributed by atoms with van der Waals surface area (Å²) >= 11 is 0. The Morgan fingerprint density at radius 2 is 2.20 bits per heavy atom. The first-order chi connectivity index (χ1) is 11.7. The van der Waals surface area contributed by atoms with Crippen molar-refractivity contribution in [3.63, 3.8) is 0 Å². The van der Waals surface area contributed by atoms with Crippen molar-refractivity contribution in [2.75, 3.05) is 31.6 Å². The molecule has 0 saturated carbocycles. The van der Waals surface area contributed by atoms with Crippen LogP contribution in [0.4, 0.5) is 5.82 Å². The van der Waals surface area contributed by atoms with Crippen LogP contribution in [0.3, 0.4) is 0 Å². The number of halogens is 1. The molecule has 1 aromatic rings. The number of guanidine groups is 1. The quantitative estimate of drug-likeness (QED) is 0.258. The molecule has 1 fully saturated rings. The molecule has 1 saturated heterocycles. The predicted octanol–water partition coefficient (Wildman–Crippen LogP) is 1.25. The lowest BCUT2D eigenvalue weighted by Gasteiger charge is -2.32. The van der Waals surface area contributed by atoms with Gasteiger partial charge in [0.05, 0.1) is 0 Å². The van der Waals surface area contributed by atoms with Gasteiger partial charge in [0.25, 0.3) is 0 Å². The van der Waals surface area contributed by atoms with Crippen LogP contribution in [0.1, 0.15) is 18.4 Å². The van der Waals surface area contributed by atoms with E-state index in [1.54, 1.807) is 19.3 Å². The zero-order valence-electron chi connectivity index (χ0n) is 14.6. The molecule has 0 aromatic carbocycles. The number of aliphatic imine (C=N–C) groups is 1. The molecule has 0 spiro atoms. The summed E-state index contributed by atoms with van der Waals surface area (Å²) in [5, 5.41) is 6.42. The van der Waals surface area contributed by atoms with Crippen LogP contribution in [0.15, 0.2) is 36.0 Å². The number of nitrogens with one attached hydrogen (secondary N) is 2. The minimum atomic E-state index is -0.199. The number of hydrogen-bond donors (Lipinski definition) is 3. The number of anilines is 1. The Morgan fingerprint density at radius 3 is 2.80 bits per heavy atom. The molecule has 1 amide bonds. The van der Waals surface area contributed by atoms with Crippen LogP contribution in [0.25, 0.3) is 0 Å². The molecule has 25 heavy (non-hydrogen) atoms. The average Bonchev–Trinajstić information content (AvgIpc) is 2.62. The number of hydrogen-bond acceptors (Lipinski definition) is 4. The van der Waals surface area contributed by atoms with Crippen molar-refractivity contribution >= 4 is 41.7 Å². The van der Waals surface area contributed by atoms with Crippen LogP contribution in [0.5, 0.6) is 0 Å². The summed E-state index contributed by atoms with van der Waals surface area (Å²) in [6, 6.07) is 3.98. The minimum absolute atomic E-state index is 0. The number of nitrogens with two attached hydrogens (primary N) is 1. The third-order valence-electron chi connectivity index (χ3n) is 4.15. The van der Waals surface area contributed by atoms with Gasteiger partial charge in [0.15, 0.2) is 5.96 Å². The Kier molecular flexibility index (Phi) is 9.25. The normalized spacial score (nSPS) is 15.2. The van der Waals surface area contributed by atoms with Crippen LogP contribution in [-0.4, -0.2) is 43.5 Å². The smallest absolute Gasteiger partial charge is 0.220 e. The largest absolute Gasteiger partial charge is 0.369 e. The second-order valence-electron chi connectivity index (χ2n) is 5.75. The van der Waals surface area contributed by atoms with E-state index < -0.39 is 0 Å². The molecule has 0 radical (unpaired) electrons. The first kappa shape index (κ1) is 21.2. The van der Waals surface area contributed by atoms with Crippen molar-refractivity contribution in [3.05, 3.63) is 36.5 Å². The standard InChI is InChI=1S/C17H26N6O.HI/c1-3-8-21-17(19-2)22-12-14-5-4-9-20-16(14)23-10-6-13(7-11-23)15(18)24;/h3-5,9,13H,1,6-8,10-12H2,2H3,(H2,18,24)(H2,19,21,22);1H. The molecule has 1 aliphatic rings. The number of pyridine rings is 1. The number of aromatic nitrogens is 1. The van der Waals surface area contributed by atoms with Crippen molar-refractivity contribution in [1.82, 2.24) is 15.6 Å². The van der Waals surface area contributed by atoms with E-state index in [-0.39, 0.29) is 35.8 Å². The van der Waals surface area contributed by atoms with Gasteiger partial charge in [-0.05, 0) is 18.9 Å². The third kappa shape index (κ3) is 6.18. The molecular formula is C17H27IN6O. The van der Waals surface area contributed by atoms with Gasteiger partial charge in [-0.25, -0.2) is 4.98 Å². The molecule has 138 valence electrons. The monoisotopic (exact) mass is 458 g/mol. The summed E-state index contributed by atoms with van der Waals surface area (Å²) in [5.41, 5.74) is 6.50. The van der Waals surface area contributed by atoms with Gasteiger partial charge in [0.1, 0.15) is 5.82 Å². The van der Waals surface area contributed by atoms with E-state index in [4.69, 9.17) is 5.73 Å². The summed E-state index contributed by atoms with van der Waals surface area (Å²) < 4.78 is 0. The summed E-state index contributed by atoms with van der Waals surface area (Å²) in [6.07, 6.45) is 5.14. The number of amides is 1. The third-order valence-corrected chi connectivity index (χ3v) is 4.15. The minimum Gasteiger partial charge on any atom is -0.369 e. The fourth-order valence-electron chi connectivity index (χ4n) is 2.80. The van der Waals surface area contributed by atoms with E-state index >= 15 is 0 Å². The van der Waals surface area contributed by atoms with Crippen molar-refractivity contribution in [2.45, 2.75) is 19.4 Å². The fourth-order valence-corrected chi connectivity index (χ4v) is 2.80. The molecule has 1 aliphatic heterocycles. The number of carbonyl (C=O) groups is 1. The number of rotatable bonds is 6. The first-order valence-corrected chi connectivity index (χ1v) is 8.19. The second-order valence-corrected chi connectivity index (χ2v) is 5.75. The zero-order valence-corrected chi connectivity index (χ0v) is 16.9. The number of carbonyl (C=O) groups excluding carboxylic acids is 1. The highest BCUT2D eigenvalue weighted by Crippen LogP contribution is 2.24. The Hall–Kier alpha value is -1.84. The van der Waals surface area contributed by atoms with Gasteiger partial charge >= 0.3 is 0 Å². The van der Waals surface area contributed by atoms with Gasteiger partial charge in [-0.3, -0.25) is 9.79 Å². The molecule has 1 aromatic heterocycles. The Bertz CT molecular complexity index is 599. The summed E-state index contributed by atoms with van der Waals surface area (Å²) in [4.78, 5) is 22.2. The lowest BCUT2D eigenvalue weighted by Crippen LogP contribution is -2.40. The molecule has 0 unspecified atom stereocenters. The van der Waals surface area contributed by atoms with Crippen molar-refractivity contribution in [1.29, 1.82) is 0 Å². The summed E-state index contributed by atoms with van der Waals surface area (Å²) in [6.45, 7) is 6.54. The summed E-state index contributed by atoms with van der Waals surface area (Å²) in [5.74, 6) is 1.45. The Morgan fingerprint density at radius 1 is 1.48 bits per heavy atom. The fraction of sp³-hybridized carbons (Fsp3) is 0.471. The van der Waals surface area contributed by atoms with Crippen LogP contribution in [0, 0.1) is 5.92 Å². The van der Waals surface area contributed by atoms with E-state index in [0.29, 0.717) is 13.1 Å². The van der Waals surface area contributed by atoms with E-state index in [1.165, 1.54) is 0 Å². The van der Waals surface area contributed by atoms with Gasteiger partial charge in [-0.15, -0.1) is 30.6 Å². The van der Waals surface area contributed by atoms with Gasteiger partial charge < -0.3 is 21.3 Å². The first-order valence-electron chi connectivity index (χ1n) is 8.19. The van der Waals surface area contributed by atoms with E-state index in [1.807, 2.05) is 6.07 Å². The second kappa shape index (κ2) is 10.9. The molecule has 7 nitrogen and oxygen atoms in total. The Balaban J connectivity index is 0.00000312. The van der Waals surface area contributed by atoms with Gasteiger partial charge in [-0.1, -0.05) is 12.1 Å². The SMILES string of the molecule is C=CCNC(=NC)NCc1cccnc1N1CCC(C(N)=O)CC1.I. The van der Waals surface area contributed by atoms with Crippen molar-refractivity contribution < 1.29 is 4.79 Å². The molecule has 2 rings (SSSR count). The predicted molar refractivity (Wildman–Crippen MR) is 112 cm³/mol. The summed E-state index contributed by atoms with van der Waals surface area (Å²) in [7, 11) is 1.73. The topological polar surface area (TPSA) is 95.6 Å². The molecule has 0 bridgehead atoms. The van der Waals surface area contributed by atoms with E-state index in [9.17, 15) is 4.79 Å². The Labute approximate surface area is 166 Å². The van der Waals surface area contributed by atoms with Gasteiger partial charge in [0.2, 0.25) is 5.91 Å². The van der Waals surface area contributed by atoms with Crippen molar-refractivity contribution in [2.24, 2.45) is 16.6 Å². The lowest BCUT2D eigenvalue weighted by molar-refractivity contribution is -0.122. The molecule has 8 heteroatoms. The molecule has 4 N–H and O–H groups in total. The van der Waals surface area contributed by atoms with E-state index in [2.05, 4.69) is 38.2 Å². The maximum atomic E-state index is 11.3. The van der Waals surface area contributed by atoms with E-state index in [0.717, 1.165) is 43.3 Å².